The Kier molecular flexibility index (Phi) is 6.11. The number of aliphatic hydroxyl groups excluding tert-OH is 1. The summed E-state index contributed by atoms with van der Waals surface area (Å²) in [5.74, 6) is 0.569. The van der Waals surface area contributed by atoms with Crippen LogP contribution in [0.3, 0.4) is 0 Å². The summed E-state index contributed by atoms with van der Waals surface area (Å²) in [6.45, 7) is 0. The van der Waals surface area contributed by atoms with Crippen molar-refractivity contribution in [2.45, 2.75) is 25.4 Å². The van der Waals surface area contributed by atoms with Gasteiger partial charge in [-0.05, 0) is 12.8 Å². The highest BCUT2D eigenvalue weighted by Crippen LogP contribution is 2.39. The second-order valence-electron chi connectivity index (χ2n) is 4.25. The molecule has 0 heterocycles. The molecular formula is C14H20O6. The summed E-state index contributed by atoms with van der Waals surface area (Å²) in [4.78, 5) is 10.5. The average Bonchev–Trinajstić information content (AvgIpc) is 2.44. The fourth-order valence-electron chi connectivity index (χ4n) is 1.95. The molecule has 1 rings (SSSR count). The van der Waals surface area contributed by atoms with Crippen LogP contribution >= 0.6 is 0 Å². The van der Waals surface area contributed by atoms with Crippen molar-refractivity contribution in [2.75, 3.05) is 21.3 Å². The van der Waals surface area contributed by atoms with E-state index in [-0.39, 0.29) is 6.42 Å². The Balaban J connectivity index is 2.98. The second kappa shape index (κ2) is 7.59. The van der Waals surface area contributed by atoms with E-state index in [1.54, 1.807) is 12.1 Å². The summed E-state index contributed by atoms with van der Waals surface area (Å²) < 4.78 is 15.6. The highest BCUT2D eigenvalue weighted by atomic mass is 16.5. The molecule has 1 atom stereocenters. The van der Waals surface area contributed by atoms with E-state index < -0.39 is 12.1 Å². The van der Waals surface area contributed by atoms with Crippen molar-refractivity contribution in [2.24, 2.45) is 0 Å². The van der Waals surface area contributed by atoms with Crippen LogP contribution in [0, 0.1) is 0 Å². The molecule has 6 heteroatoms. The Morgan fingerprint density at radius 3 is 2.10 bits per heavy atom. The molecule has 0 fully saturated rings. The number of aliphatic hydroxyl groups is 1. The van der Waals surface area contributed by atoms with Crippen molar-refractivity contribution >= 4 is 5.97 Å². The Bertz CT molecular complexity index is 432. The van der Waals surface area contributed by atoms with Gasteiger partial charge in [-0.15, -0.1) is 0 Å². The van der Waals surface area contributed by atoms with E-state index in [1.807, 2.05) is 0 Å². The maximum absolute atomic E-state index is 10.5. The third kappa shape index (κ3) is 4.03. The zero-order valence-electron chi connectivity index (χ0n) is 11.9. The van der Waals surface area contributed by atoms with Crippen molar-refractivity contribution in [1.29, 1.82) is 0 Å². The normalized spacial score (nSPS) is 11.8. The van der Waals surface area contributed by atoms with Crippen LogP contribution < -0.4 is 14.2 Å². The van der Waals surface area contributed by atoms with Gasteiger partial charge in [-0.3, -0.25) is 4.79 Å². The highest BCUT2D eigenvalue weighted by molar-refractivity contribution is 5.66. The fraction of sp³-hybridized carbons (Fsp3) is 0.500. The number of carboxylic acid groups (broad SMARTS) is 1. The summed E-state index contributed by atoms with van der Waals surface area (Å²) in [7, 11) is 4.50. The van der Waals surface area contributed by atoms with E-state index in [9.17, 15) is 9.90 Å². The molecule has 0 saturated heterocycles. The predicted molar refractivity (Wildman–Crippen MR) is 72.5 cm³/mol. The van der Waals surface area contributed by atoms with Crippen molar-refractivity contribution in [1.82, 2.24) is 0 Å². The molecule has 112 valence electrons. The van der Waals surface area contributed by atoms with Crippen LogP contribution in [0.5, 0.6) is 17.2 Å². The maximum atomic E-state index is 10.5. The van der Waals surface area contributed by atoms with Gasteiger partial charge in [-0.2, -0.15) is 0 Å². The van der Waals surface area contributed by atoms with Crippen LogP contribution in [-0.4, -0.2) is 37.5 Å². The number of hydrogen-bond donors (Lipinski definition) is 2. The smallest absolute Gasteiger partial charge is 0.303 e. The van der Waals surface area contributed by atoms with Crippen LogP contribution in [0.2, 0.25) is 0 Å². The predicted octanol–water partition coefficient (Wildman–Crippen LogP) is 2.00. The van der Waals surface area contributed by atoms with Crippen LogP contribution in [0.4, 0.5) is 0 Å². The topological polar surface area (TPSA) is 85.2 Å². The molecule has 0 aromatic heterocycles. The van der Waals surface area contributed by atoms with Gasteiger partial charge in [-0.1, -0.05) is 0 Å². The number of carboxylic acids is 1. The zero-order valence-corrected chi connectivity index (χ0v) is 11.9. The molecule has 1 aromatic rings. The summed E-state index contributed by atoms with van der Waals surface area (Å²) in [6.07, 6.45) is -0.164. The van der Waals surface area contributed by atoms with Gasteiger partial charge in [0.15, 0.2) is 0 Å². The van der Waals surface area contributed by atoms with E-state index in [0.29, 0.717) is 35.7 Å². The molecule has 6 nitrogen and oxygen atoms in total. The summed E-state index contributed by atoms with van der Waals surface area (Å²) in [5.41, 5.74) is 0.501. The molecule has 0 amide bonds. The lowest BCUT2D eigenvalue weighted by atomic mass is 10.0. The monoisotopic (exact) mass is 284 g/mol. The summed E-state index contributed by atoms with van der Waals surface area (Å²) in [6, 6.07) is 3.30. The van der Waals surface area contributed by atoms with E-state index in [2.05, 4.69) is 0 Å². The molecule has 20 heavy (non-hydrogen) atoms. The van der Waals surface area contributed by atoms with E-state index in [0.717, 1.165) is 0 Å². The molecule has 0 aliphatic carbocycles. The van der Waals surface area contributed by atoms with Gasteiger partial charge in [-0.25, -0.2) is 0 Å². The number of hydrogen-bond acceptors (Lipinski definition) is 5. The van der Waals surface area contributed by atoms with Crippen molar-refractivity contribution in [3.8, 4) is 17.2 Å². The van der Waals surface area contributed by atoms with Gasteiger partial charge in [0.1, 0.15) is 17.2 Å². The van der Waals surface area contributed by atoms with Crippen LogP contribution in [0.15, 0.2) is 12.1 Å². The lowest BCUT2D eigenvalue weighted by Gasteiger charge is -2.19. The Morgan fingerprint density at radius 1 is 1.15 bits per heavy atom. The third-order valence-electron chi connectivity index (χ3n) is 2.95. The van der Waals surface area contributed by atoms with E-state index in [1.165, 1.54) is 21.3 Å². The lowest BCUT2D eigenvalue weighted by molar-refractivity contribution is -0.137. The molecular weight excluding hydrogens is 264 g/mol. The lowest BCUT2D eigenvalue weighted by Crippen LogP contribution is -2.05. The molecule has 1 unspecified atom stereocenters. The minimum absolute atomic E-state index is 0.0118. The first-order valence-corrected chi connectivity index (χ1v) is 6.23. The van der Waals surface area contributed by atoms with E-state index >= 15 is 0 Å². The minimum Gasteiger partial charge on any atom is -0.496 e. The zero-order chi connectivity index (χ0) is 15.1. The molecule has 0 aliphatic heterocycles. The number of ether oxygens (including phenoxy) is 3. The highest BCUT2D eigenvalue weighted by Gasteiger charge is 2.20. The van der Waals surface area contributed by atoms with Crippen molar-refractivity contribution in [3.63, 3.8) is 0 Å². The van der Waals surface area contributed by atoms with Crippen molar-refractivity contribution < 1.29 is 29.2 Å². The molecule has 0 spiro atoms. The molecule has 2 N–H and O–H groups in total. The fourth-order valence-corrected chi connectivity index (χ4v) is 1.95. The molecule has 0 saturated carbocycles. The largest absolute Gasteiger partial charge is 0.496 e. The second-order valence-corrected chi connectivity index (χ2v) is 4.25. The summed E-state index contributed by atoms with van der Waals surface area (Å²) >= 11 is 0. The van der Waals surface area contributed by atoms with Crippen LogP contribution in [0.1, 0.15) is 30.9 Å². The maximum Gasteiger partial charge on any atom is 0.303 e. The van der Waals surface area contributed by atoms with Gasteiger partial charge in [0, 0.05) is 18.6 Å². The number of aliphatic carboxylic acids is 1. The van der Waals surface area contributed by atoms with Crippen molar-refractivity contribution in [3.05, 3.63) is 17.7 Å². The van der Waals surface area contributed by atoms with Gasteiger partial charge in [0.2, 0.25) is 0 Å². The standard InChI is InChI=1S/C14H20O6/c1-18-9-7-11(19-2)14(12(8-9)20-3)10(15)5-4-6-13(16)17/h7-8,10,15H,4-6H2,1-3H3,(H,16,17). The SMILES string of the molecule is COc1cc(OC)c(C(O)CCCC(=O)O)c(OC)c1. The number of rotatable bonds is 8. The third-order valence-corrected chi connectivity index (χ3v) is 2.95. The first-order chi connectivity index (χ1) is 9.53. The number of benzene rings is 1. The van der Waals surface area contributed by atoms with E-state index in [4.69, 9.17) is 19.3 Å². The Labute approximate surface area is 117 Å². The quantitative estimate of drug-likeness (QED) is 0.759. The number of carbonyl (C=O) groups is 1. The van der Waals surface area contributed by atoms with Gasteiger partial charge in [0.25, 0.3) is 0 Å². The average molecular weight is 284 g/mol. The first kappa shape index (κ1) is 16.1. The van der Waals surface area contributed by atoms with Gasteiger partial charge in [0.05, 0.1) is 33.0 Å². The van der Waals surface area contributed by atoms with Crippen LogP contribution in [-0.2, 0) is 4.79 Å². The Hall–Kier alpha value is -1.95. The van der Waals surface area contributed by atoms with Gasteiger partial charge >= 0.3 is 5.97 Å². The molecule has 0 radical (unpaired) electrons. The molecule has 0 bridgehead atoms. The van der Waals surface area contributed by atoms with Crippen LogP contribution in [0.25, 0.3) is 0 Å². The molecule has 1 aromatic carbocycles. The first-order valence-electron chi connectivity index (χ1n) is 6.23. The number of methoxy groups -OCH3 is 3. The van der Waals surface area contributed by atoms with Gasteiger partial charge < -0.3 is 24.4 Å². The Morgan fingerprint density at radius 2 is 1.70 bits per heavy atom. The molecule has 0 aliphatic rings. The minimum atomic E-state index is -0.883. The summed E-state index contributed by atoms with van der Waals surface area (Å²) in [5, 5.41) is 18.8.